The number of thioether (sulfide) groups is 1. The van der Waals surface area contributed by atoms with Gasteiger partial charge in [0.2, 0.25) is 5.91 Å². The van der Waals surface area contributed by atoms with Crippen LogP contribution in [0.1, 0.15) is 20.8 Å². The maximum Gasteiger partial charge on any atom is 0.319 e. The van der Waals surface area contributed by atoms with Gasteiger partial charge in [-0.3, -0.25) is 9.59 Å². The van der Waals surface area contributed by atoms with Gasteiger partial charge in [0.25, 0.3) is 5.91 Å². The molecule has 2 aromatic carbocycles. The van der Waals surface area contributed by atoms with Crippen LogP contribution in [0.5, 0.6) is 5.75 Å². The first-order valence-electron chi connectivity index (χ1n) is 10.2. The molecule has 1 aliphatic heterocycles. The number of hydrogen-bond donors (Lipinski definition) is 3. The molecule has 0 aromatic heterocycles. The van der Waals surface area contributed by atoms with Crippen molar-refractivity contribution in [3.8, 4) is 5.75 Å². The smallest absolute Gasteiger partial charge is 0.319 e. The fourth-order valence-corrected chi connectivity index (χ4v) is 4.32. The zero-order valence-electron chi connectivity index (χ0n) is 18.6. The summed E-state index contributed by atoms with van der Waals surface area (Å²) in [5.74, 6) is 0.341. The average Bonchev–Trinajstić information content (AvgIpc) is 2.85. The van der Waals surface area contributed by atoms with Crippen LogP contribution in [-0.4, -0.2) is 48.8 Å². The van der Waals surface area contributed by atoms with Gasteiger partial charge < -0.3 is 25.6 Å². The van der Waals surface area contributed by atoms with Gasteiger partial charge in [0.1, 0.15) is 18.3 Å². The summed E-state index contributed by atoms with van der Waals surface area (Å²) in [4.78, 5) is 40.9. The molecule has 0 saturated carbocycles. The summed E-state index contributed by atoms with van der Waals surface area (Å²) >= 11 is 1.46. The highest BCUT2D eigenvalue weighted by atomic mass is 32.2. The average molecular weight is 457 g/mol. The molecule has 4 amide bonds. The number of rotatable bonds is 5. The molecule has 0 radical (unpaired) electrons. The standard InChI is InChI=1S/C23H28N4O4S/c1-23(2,3)26-20(28)13-27-18-10-5-6-11-19(18)32-14-17(21(27)29)25-22(30)24-15-8-7-9-16(12-15)31-4/h5-12,17H,13-14H2,1-4H3,(H,26,28)(H2,24,25,30)/t17-/m0/s1. The predicted octanol–water partition coefficient (Wildman–Crippen LogP) is 3.24. The monoisotopic (exact) mass is 456 g/mol. The van der Waals surface area contributed by atoms with Crippen LogP contribution < -0.4 is 25.6 Å². The van der Waals surface area contributed by atoms with Crippen LogP contribution in [-0.2, 0) is 9.59 Å². The second kappa shape index (κ2) is 9.95. The number of methoxy groups -OCH3 is 1. The van der Waals surface area contributed by atoms with Crippen molar-refractivity contribution >= 4 is 41.0 Å². The van der Waals surface area contributed by atoms with Gasteiger partial charge in [-0.05, 0) is 45.0 Å². The molecule has 8 nitrogen and oxygen atoms in total. The number of carbonyl (C=O) groups excluding carboxylic acids is 3. The van der Waals surface area contributed by atoms with E-state index in [1.807, 2.05) is 45.0 Å². The van der Waals surface area contributed by atoms with Crippen molar-refractivity contribution in [1.29, 1.82) is 0 Å². The number of anilines is 2. The Labute approximate surface area is 192 Å². The van der Waals surface area contributed by atoms with E-state index in [4.69, 9.17) is 4.74 Å². The van der Waals surface area contributed by atoms with Crippen molar-refractivity contribution < 1.29 is 19.1 Å². The minimum Gasteiger partial charge on any atom is -0.497 e. The van der Waals surface area contributed by atoms with Gasteiger partial charge in [-0.1, -0.05) is 18.2 Å². The minimum absolute atomic E-state index is 0.136. The van der Waals surface area contributed by atoms with E-state index in [0.29, 0.717) is 22.9 Å². The fraction of sp³-hybridized carbons (Fsp3) is 0.348. The van der Waals surface area contributed by atoms with Gasteiger partial charge in [0, 0.05) is 27.9 Å². The number of nitrogens with zero attached hydrogens (tertiary/aromatic N) is 1. The highest BCUT2D eigenvalue weighted by Crippen LogP contribution is 2.34. The van der Waals surface area contributed by atoms with Gasteiger partial charge in [-0.2, -0.15) is 0 Å². The Morgan fingerprint density at radius 2 is 1.91 bits per heavy atom. The van der Waals surface area contributed by atoms with Crippen molar-refractivity contribution in [1.82, 2.24) is 10.6 Å². The molecule has 2 aromatic rings. The Morgan fingerprint density at radius 3 is 2.62 bits per heavy atom. The number of ether oxygens (including phenoxy) is 1. The summed E-state index contributed by atoms with van der Waals surface area (Å²) in [6.45, 7) is 5.51. The SMILES string of the molecule is COc1cccc(NC(=O)N[C@H]2CSc3ccccc3N(CC(=O)NC(C)(C)C)C2=O)c1. The number of para-hydroxylation sites is 1. The van der Waals surface area contributed by atoms with E-state index in [1.165, 1.54) is 16.7 Å². The van der Waals surface area contributed by atoms with Crippen molar-refractivity contribution in [3.63, 3.8) is 0 Å². The number of benzene rings is 2. The topological polar surface area (TPSA) is 99.8 Å². The Morgan fingerprint density at radius 1 is 1.16 bits per heavy atom. The Kier molecular flexibility index (Phi) is 7.29. The molecule has 0 saturated heterocycles. The van der Waals surface area contributed by atoms with Crippen LogP contribution in [0.15, 0.2) is 53.4 Å². The molecule has 3 N–H and O–H groups in total. The van der Waals surface area contributed by atoms with Gasteiger partial charge in [-0.15, -0.1) is 11.8 Å². The van der Waals surface area contributed by atoms with Gasteiger partial charge >= 0.3 is 6.03 Å². The minimum atomic E-state index is -0.805. The quantitative estimate of drug-likeness (QED) is 0.641. The highest BCUT2D eigenvalue weighted by molar-refractivity contribution is 7.99. The predicted molar refractivity (Wildman–Crippen MR) is 126 cm³/mol. The number of fused-ring (bicyclic) bond motifs is 1. The molecule has 1 atom stereocenters. The van der Waals surface area contributed by atoms with Crippen LogP contribution in [0, 0.1) is 0 Å². The van der Waals surface area contributed by atoms with Crippen LogP contribution >= 0.6 is 11.8 Å². The van der Waals surface area contributed by atoms with Crippen LogP contribution in [0.2, 0.25) is 0 Å². The van der Waals surface area contributed by atoms with Crippen LogP contribution in [0.3, 0.4) is 0 Å². The number of hydrogen-bond acceptors (Lipinski definition) is 5. The molecule has 0 fully saturated rings. The maximum atomic E-state index is 13.4. The molecule has 1 heterocycles. The van der Waals surface area contributed by atoms with Crippen LogP contribution in [0.4, 0.5) is 16.2 Å². The van der Waals surface area contributed by atoms with Crippen molar-refractivity contribution in [2.24, 2.45) is 0 Å². The summed E-state index contributed by atoms with van der Waals surface area (Å²) in [5.41, 5.74) is 0.776. The van der Waals surface area contributed by atoms with Gasteiger partial charge in [0.05, 0.1) is 12.8 Å². The third kappa shape index (κ3) is 6.16. The molecular weight excluding hydrogens is 428 g/mol. The number of carbonyl (C=O) groups is 3. The van der Waals surface area contributed by atoms with E-state index in [-0.39, 0.29) is 18.4 Å². The zero-order chi connectivity index (χ0) is 23.3. The Hall–Kier alpha value is -3.20. The second-order valence-electron chi connectivity index (χ2n) is 8.38. The fourth-order valence-electron chi connectivity index (χ4n) is 3.25. The third-order valence-corrected chi connectivity index (χ3v) is 5.73. The second-order valence-corrected chi connectivity index (χ2v) is 9.45. The first-order valence-corrected chi connectivity index (χ1v) is 11.2. The zero-order valence-corrected chi connectivity index (χ0v) is 19.4. The number of urea groups is 1. The van der Waals surface area contributed by atoms with E-state index in [1.54, 1.807) is 31.4 Å². The lowest BCUT2D eigenvalue weighted by atomic mass is 10.1. The summed E-state index contributed by atoms with van der Waals surface area (Å²) in [6.07, 6.45) is 0. The maximum absolute atomic E-state index is 13.4. The molecule has 0 unspecified atom stereocenters. The molecule has 32 heavy (non-hydrogen) atoms. The Balaban J connectivity index is 1.76. The summed E-state index contributed by atoms with van der Waals surface area (Å²) in [7, 11) is 1.54. The molecule has 0 spiro atoms. The molecule has 3 rings (SSSR count). The van der Waals surface area contributed by atoms with Crippen molar-refractivity contribution in [2.45, 2.75) is 37.2 Å². The van der Waals surface area contributed by atoms with Crippen molar-refractivity contribution in [2.75, 3.05) is 29.6 Å². The molecule has 9 heteroatoms. The molecule has 1 aliphatic rings. The first kappa shape index (κ1) is 23.5. The molecule has 0 bridgehead atoms. The lowest BCUT2D eigenvalue weighted by molar-refractivity contribution is -0.125. The first-order chi connectivity index (χ1) is 15.2. The summed E-state index contributed by atoms with van der Waals surface area (Å²) in [6, 6.07) is 13.0. The van der Waals surface area contributed by atoms with E-state index in [2.05, 4.69) is 16.0 Å². The Bertz CT molecular complexity index is 1010. The lowest BCUT2D eigenvalue weighted by Crippen LogP contribution is -2.54. The molecule has 170 valence electrons. The largest absolute Gasteiger partial charge is 0.497 e. The number of amides is 4. The molecule has 0 aliphatic carbocycles. The van der Waals surface area contributed by atoms with Crippen molar-refractivity contribution in [3.05, 3.63) is 48.5 Å². The van der Waals surface area contributed by atoms with Gasteiger partial charge in [0.15, 0.2) is 0 Å². The number of nitrogens with one attached hydrogen (secondary N) is 3. The van der Waals surface area contributed by atoms with Crippen LogP contribution in [0.25, 0.3) is 0 Å². The summed E-state index contributed by atoms with van der Waals surface area (Å²) < 4.78 is 5.17. The third-order valence-electron chi connectivity index (χ3n) is 4.57. The van der Waals surface area contributed by atoms with E-state index in [9.17, 15) is 14.4 Å². The highest BCUT2D eigenvalue weighted by Gasteiger charge is 2.33. The molecular formula is C23H28N4O4S. The van der Waals surface area contributed by atoms with E-state index >= 15 is 0 Å². The summed E-state index contributed by atoms with van der Waals surface area (Å²) in [5, 5.41) is 8.36. The van der Waals surface area contributed by atoms with E-state index < -0.39 is 17.6 Å². The van der Waals surface area contributed by atoms with Gasteiger partial charge in [-0.25, -0.2) is 4.79 Å². The normalized spacial score (nSPS) is 15.9. The van der Waals surface area contributed by atoms with E-state index in [0.717, 1.165) is 4.90 Å². The lowest BCUT2D eigenvalue weighted by Gasteiger charge is -2.27.